The average molecular weight is 257 g/mol. The molecule has 1 rings (SSSR count). The van der Waals surface area contributed by atoms with Gasteiger partial charge in [-0.15, -0.1) is 10.1 Å². The number of amides is 2. The van der Waals surface area contributed by atoms with Gasteiger partial charge in [-0.1, -0.05) is 15.9 Å². The Hall–Kier alpha value is -1.36. The number of urea groups is 1. The highest BCUT2D eigenvalue weighted by Gasteiger charge is 2.03. The van der Waals surface area contributed by atoms with E-state index in [1.54, 1.807) is 13.3 Å². The van der Waals surface area contributed by atoms with Crippen molar-refractivity contribution in [2.24, 2.45) is 5.73 Å². The molecule has 14 heavy (non-hydrogen) atoms. The fourth-order valence-corrected chi connectivity index (χ4v) is 1.06. The number of carbonyl (C=O) groups excluding carboxylic acids is 1. The zero-order valence-electron chi connectivity index (χ0n) is 7.70. The summed E-state index contributed by atoms with van der Waals surface area (Å²) in [6.07, 6.45) is 1.69. The van der Waals surface area contributed by atoms with Crippen LogP contribution in [0.15, 0.2) is 28.7 Å². The third-order valence-corrected chi connectivity index (χ3v) is 2.15. The lowest BCUT2D eigenvalue weighted by molar-refractivity contribution is -0.608. The van der Waals surface area contributed by atoms with E-state index in [2.05, 4.69) is 21.0 Å². The molecule has 0 spiro atoms. The van der Waals surface area contributed by atoms with E-state index in [1.165, 1.54) is 5.01 Å². The Labute approximate surface area is 90.5 Å². The lowest BCUT2D eigenvalue weighted by Gasteiger charge is -1.98. The first-order chi connectivity index (χ1) is 6.59. The van der Waals surface area contributed by atoms with Crippen LogP contribution in [-0.2, 0) is 0 Å². The maximum Gasteiger partial charge on any atom is 0.367 e. The van der Waals surface area contributed by atoms with E-state index in [4.69, 9.17) is 5.73 Å². The molecule has 0 fully saturated rings. The number of nitrogens with two attached hydrogens (primary N) is 1. The zero-order valence-corrected chi connectivity index (χ0v) is 9.28. The predicted octanol–water partition coefficient (Wildman–Crippen LogP) is -0.126. The van der Waals surface area contributed by atoms with E-state index in [1.807, 2.05) is 24.3 Å². The molecule has 0 bridgehead atoms. The molecule has 0 saturated carbocycles. The lowest BCUT2D eigenvalue weighted by atomic mass is 10.2. The molecule has 0 unspecified atom stereocenters. The number of halogens is 1. The molecule has 2 amide bonds. The zero-order chi connectivity index (χ0) is 10.6. The van der Waals surface area contributed by atoms with Crippen molar-refractivity contribution in [3.63, 3.8) is 0 Å². The molecule has 5 heteroatoms. The average Bonchev–Trinajstić information content (AvgIpc) is 2.16. The second-order valence-electron chi connectivity index (χ2n) is 2.72. The largest absolute Gasteiger partial charge is 0.367 e. The Morgan fingerprint density at radius 2 is 2.07 bits per heavy atom. The highest BCUT2D eigenvalue weighted by molar-refractivity contribution is 9.10. The molecule has 0 aromatic heterocycles. The Morgan fingerprint density at radius 1 is 1.50 bits per heavy atom. The van der Waals surface area contributed by atoms with Gasteiger partial charge in [-0.05, 0) is 24.3 Å². The number of hydrogen-bond acceptors (Lipinski definition) is 1. The molecular weight excluding hydrogens is 246 g/mol. The second-order valence-corrected chi connectivity index (χ2v) is 3.64. The maximum atomic E-state index is 10.6. The van der Waals surface area contributed by atoms with Gasteiger partial charge < -0.3 is 5.73 Å². The molecule has 0 aliphatic rings. The first-order valence-electron chi connectivity index (χ1n) is 3.97. The van der Waals surface area contributed by atoms with Crippen molar-refractivity contribution in [1.29, 1.82) is 0 Å². The third kappa shape index (κ3) is 3.18. The minimum Gasteiger partial charge on any atom is -0.347 e. The molecule has 0 aliphatic heterocycles. The first kappa shape index (κ1) is 10.7. The van der Waals surface area contributed by atoms with E-state index >= 15 is 0 Å². The van der Waals surface area contributed by atoms with Crippen LogP contribution in [0.3, 0.4) is 0 Å². The van der Waals surface area contributed by atoms with Crippen LogP contribution in [0, 0.1) is 0 Å². The van der Waals surface area contributed by atoms with Crippen molar-refractivity contribution >= 4 is 28.2 Å². The van der Waals surface area contributed by atoms with E-state index in [0.29, 0.717) is 0 Å². The van der Waals surface area contributed by atoms with Gasteiger partial charge in [0.2, 0.25) is 0 Å². The maximum absolute atomic E-state index is 10.6. The van der Waals surface area contributed by atoms with Gasteiger partial charge in [-0.3, -0.25) is 0 Å². The smallest absolute Gasteiger partial charge is 0.347 e. The third-order valence-electron chi connectivity index (χ3n) is 1.63. The SMILES string of the molecule is CN([NH+]=Cc1ccc(Br)cc1)C(N)=O. The number of primary amides is 1. The minimum absolute atomic E-state index is 0.529. The number of benzene rings is 1. The lowest BCUT2D eigenvalue weighted by Crippen LogP contribution is -2.82. The Kier molecular flexibility index (Phi) is 3.64. The van der Waals surface area contributed by atoms with Crippen LogP contribution in [0.4, 0.5) is 4.79 Å². The molecule has 74 valence electrons. The summed E-state index contributed by atoms with van der Waals surface area (Å²) in [4.78, 5) is 10.6. The van der Waals surface area contributed by atoms with Gasteiger partial charge in [-0.25, -0.2) is 4.79 Å². The van der Waals surface area contributed by atoms with E-state index in [0.717, 1.165) is 10.0 Å². The van der Waals surface area contributed by atoms with Gasteiger partial charge in [0.05, 0.1) is 7.05 Å². The Morgan fingerprint density at radius 3 is 2.57 bits per heavy atom. The normalized spacial score (nSPS) is 10.4. The van der Waals surface area contributed by atoms with Crippen molar-refractivity contribution in [3.05, 3.63) is 34.3 Å². The number of carbonyl (C=O) groups is 1. The number of nitrogens with zero attached hydrogens (tertiary/aromatic N) is 1. The van der Waals surface area contributed by atoms with Crippen molar-refractivity contribution in [1.82, 2.24) is 5.01 Å². The van der Waals surface area contributed by atoms with Crippen molar-refractivity contribution in [3.8, 4) is 0 Å². The highest BCUT2D eigenvalue weighted by atomic mass is 79.9. The van der Waals surface area contributed by atoms with Crippen molar-refractivity contribution in [2.75, 3.05) is 7.05 Å². The fraction of sp³-hybridized carbons (Fsp3) is 0.111. The van der Waals surface area contributed by atoms with Crippen LogP contribution in [-0.4, -0.2) is 24.3 Å². The van der Waals surface area contributed by atoms with Crippen LogP contribution in [0.2, 0.25) is 0 Å². The number of hydrogen-bond donors (Lipinski definition) is 2. The van der Waals surface area contributed by atoms with E-state index in [-0.39, 0.29) is 0 Å². The van der Waals surface area contributed by atoms with Gasteiger partial charge in [0, 0.05) is 10.0 Å². The summed E-state index contributed by atoms with van der Waals surface area (Å²) in [7, 11) is 1.55. The Balaban J connectivity index is 2.69. The molecule has 0 saturated heterocycles. The van der Waals surface area contributed by atoms with Crippen molar-refractivity contribution < 1.29 is 9.90 Å². The van der Waals surface area contributed by atoms with E-state index < -0.39 is 6.03 Å². The monoisotopic (exact) mass is 256 g/mol. The summed E-state index contributed by atoms with van der Waals surface area (Å²) in [6, 6.07) is 7.12. The molecular formula is C9H11BrN3O+. The van der Waals surface area contributed by atoms with Gasteiger partial charge in [0.15, 0.2) is 6.21 Å². The first-order valence-corrected chi connectivity index (χ1v) is 4.77. The van der Waals surface area contributed by atoms with Gasteiger partial charge in [0.25, 0.3) is 0 Å². The quantitative estimate of drug-likeness (QED) is 0.563. The molecule has 0 atom stereocenters. The topological polar surface area (TPSA) is 60.3 Å². The number of nitrogens with one attached hydrogen (secondary N) is 1. The van der Waals surface area contributed by atoms with Gasteiger partial charge >= 0.3 is 6.03 Å². The standard InChI is InChI=1S/C9H10BrN3O/c1-13(9(11)14)12-6-7-2-4-8(10)5-3-7/h2-6H,1H3,(H2,11,14)/p+1. The van der Waals surface area contributed by atoms with Gasteiger partial charge in [0.1, 0.15) is 0 Å². The fourth-order valence-electron chi connectivity index (χ4n) is 0.794. The molecule has 1 aromatic rings. The van der Waals surface area contributed by atoms with Crippen LogP contribution in [0.1, 0.15) is 5.56 Å². The summed E-state index contributed by atoms with van der Waals surface area (Å²) in [6.45, 7) is 0. The van der Waals surface area contributed by atoms with Gasteiger partial charge in [-0.2, -0.15) is 0 Å². The highest BCUT2D eigenvalue weighted by Crippen LogP contribution is 2.08. The van der Waals surface area contributed by atoms with Crippen LogP contribution < -0.4 is 10.8 Å². The number of hydrazine groups is 1. The van der Waals surface area contributed by atoms with Crippen LogP contribution >= 0.6 is 15.9 Å². The number of hydrazone groups is 1. The van der Waals surface area contributed by atoms with Crippen LogP contribution in [0.25, 0.3) is 0 Å². The molecule has 3 N–H and O–H groups in total. The summed E-state index contributed by atoms with van der Waals surface area (Å²) in [5.74, 6) is 0. The molecule has 0 radical (unpaired) electrons. The molecule has 0 aliphatic carbocycles. The number of rotatable bonds is 2. The summed E-state index contributed by atoms with van der Waals surface area (Å²) >= 11 is 3.33. The van der Waals surface area contributed by atoms with Crippen molar-refractivity contribution in [2.45, 2.75) is 0 Å². The Bertz CT molecular complexity index is 348. The van der Waals surface area contributed by atoms with Crippen LogP contribution in [0.5, 0.6) is 0 Å². The second kappa shape index (κ2) is 4.76. The summed E-state index contributed by atoms with van der Waals surface area (Å²) in [5, 5.41) is 3.93. The molecule has 1 aromatic carbocycles. The predicted molar refractivity (Wildman–Crippen MR) is 57.6 cm³/mol. The molecule has 0 heterocycles. The summed E-state index contributed by atoms with van der Waals surface area (Å²) < 4.78 is 1.01. The summed E-state index contributed by atoms with van der Waals surface area (Å²) in [5.41, 5.74) is 5.98. The van der Waals surface area contributed by atoms with E-state index in [9.17, 15) is 4.79 Å². The molecule has 4 nitrogen and oxygen atoms in total. The minimum atomic E-state index is -0.529.